The van der Waals surface area contributed by atoms with Crippen molar-refractivity contribution in [3.63, 3.8) is 0 Å². The van der Waals surface area contributed by atoms with Gasteiger partial charge in [-0.15, -0.1) is 0 Å². The molecule has 0 aliphatic rings. The van der Waals surface area contributed by atoms with Crippen molar-refractivity contribution in [3.8, 4) is 0 Å². The largest absolute Gasteiger partial charge is 0.476 e. The summed E-state index contributed by atoms with van der Waals surface area (Å²) in [5.74, 6) is -2.63. The molecule has 2 aromatic rings. The minimum atomic E-state index is -1.28. The molecule has 0 saturated heterocycles. The molecule has 0 unspecified atom stereocenters. The molecule has 0 aliphatic heterocycles. The Morgan fingerprint density at radius 1 is 0.850 bits per heavy atom. The number of rotatable bonds is 7. The lowest BCUT2D eigenvalue weighted by Gasteiger charge is -2.03. The van der Waals surface area contributed by atoms with E-state index in [4.69, 9.17) is 10.2 Å². The van der Waals surface area contributed by atoms with Crippen molar-refractivity contribution < 1.29 is 29.1 Å². The molecule has 0 aromatic carbocycles. The summed E-state index contributed by atoms with van der Waals surface area (Å²) in [5, 5.41) is 35.9. The van der Waals surface area contributed by atoms with Gasteiger partial charge in [0, 0.05) is 13.1 Å². The fraction of sp³-hybridized carbons (Fsp3) is 0.250. The molecule has 0 bridgehead atoms. The van der Waals surface area contributed by atoms with Crippen LogP contribution in [0.2, 0.25) is 0 Å². The molecule has 2 aromatic heterocycles. The average molecular weight is 284 g/mol. The molecule has 2 heterocycles. The molecule has 0 fully saturated rings. The highest BCUT2D eigenvalue weighted by Gasteiger charge is 2.18. The van der Waals surface area contributed by atoms with Crippen molar-refractivity contribution in [2.45, 2.75) is 0 Å². The number of aromatic carboxylic acids is 2. The van der Waals surface area contributed by atoms with Gasteiger partial charge in [0.15, 0.2) is 0 Å². The highest BCUT2D eigenvalue weighted by Crippen LogP contribution is 2.10. The highest BCUT2D eigenvalue weighted by molar-refractivity contribution is 5.91. The number of hydrogen-bond acceptors (Lipinski definition) is 10. The van der Waals surface area contributed by atoms with Crippen molar-refractivity contribution in [3.05, 3.63) is 11.4 Å². The van der Waals surface area contributed by atoms with E-state index in [1.807, 2.05) is 0 Å². The van der Waals surface area contributed by atoms with Gasteiger partial charge in [0.2, 0.25) is 23.0 Å². The number of aromatic nitrogens is 4. The predicted molar refractivity (Wildman–Crippen MR) is 59.5 cm³/mol. The Labute approximate surface area is 109 Å². The Kier molecular flexibility index (Phi) is 3.74. The molecule has 12 heteroatoms. The minimum Gasteiger partial charge on any atom is -0.476 e. The lowest BCUT2D eigenvalue weighted by Crippen LogP contribution is -2.17. The molecule has 4 N–H and O–H groups in total. The van der Waals surface area contributed by atoms with E-state index in [0.29, 0.717) is 0 Å². The topological polar surface area (TPSA) is 176 Å². The van der Waals surface area contributed by atoms with Crippen molar-refractivity contribution in [1.29, 1.82) is 0 Å². The summed E-state index contributed by atoms with van der Waals surface area (Å²) < 4.78 is 8.56. The fourth-order valence-electron chi connectivity index (χ4n) is 1.25. The fourth-order valence-corrected chi connectivity index (χ4v) is 1.25. The zero-order valence-electron chi connectivity index (χ0n) is 9.73. The lowest BCUT2D eigenvalue weighted by molar-refractivity contribution is 0.0674. The first-order chi connectivity index (χ1) is 9.59. The second-order valence-electron chi connectivity index (χ2n) is 3.39. The van der Waals surface area contributed by atoms with E-state index in [0.717, 1.165) is 0 Å². The van der Waals surface area contributed by atoms with Gasteiger partial charge >= 0.3 is 11.9 Å². The first-order valence-corrected chi connectivity index (χ1v) is 5.19. The van der Waals surface area contributed by atoms with Gasteiger partial charge < -0.3 is 20.8 Å². The van der Waals surface area contributed by atoms with Crippen LogP contribution in [0.25, 0.3) is 0 Å². The zero-order valence-corrected chi connectivity index (χ0v) is 9.73. The second kappa shape index (κ2) is 5.64. The zero-order chi connectivity index (χ0) is 14.5. The van der Waals surface area contributed by atoms with Crippen molar-refractivity contribution in [2.24, 2.45) is 0 Å². The van der Waals surface area contributed by atoms with Gasteiger partial charge in [0.05, 0.1) is 0 Å². The summed E-state index contributed by atoms with van der Waals surface area (Å²) in [5.41, 5.74) is -0.696. The number of carbonyl (C=O) groups is 2. The van der Waals surface area contributed by atoms with Gasteiger partial charge in [-0.3, -0.25) is 0 Å². The van der Waals surface area contributed by atoms with E-state index in [2.05, 4.69) is 40.5 Å². The van der Waals surface area contributed by atoms with E-state index < -0.39 is 11.9 Å². The van der Waals surface area contributed by atoms with Crippen LogP contribution < -0.4 is 10.6 Å². The second-order valence-corrected chi connectivity index (χ2v) is 3.39. The van der Waals surface area contributed by atoms with Crippen LogP contribution in [0.4, 0.5) is 11.6 Å². The van der Waals surface area contributed by atoms with Crippen LogP contribution in [0.1, 0.15) is 21.0 Å². The molecular weight excluding hydrogens is 276 g/mol. The van der Waals surface area contributed by atoms with E-state index in [1.54, 1.807) is 0 Å². The number of carboxylic acid groups (broad SMARTS) is 2. The Morgan fingerprint density at radius 2 is 1.25 bits per heavy atom. The quantitative estimate of drug-likeness (QED) is 0.474. The van der Waals surface area contributed by atoms with Crippen LogP contribution in [0, 0.1) is 0 Å². The summed E-state index contributed by atoms with van der Waals surface area (Å²) in [6.45, 7) is 0.417. The molecule has 0 saturated carbocycles. The summed E-state index contributed by atoms with van der Waals surface area (Å²) in [6, 6.07) is 0. The molecule has 0 atom stereocenters. The number of anilines is 2. The van der Waals surface area contributed by atoms with Crippen LogP contribution in [0.5, 0.6) is 0 Å². The van der Waals surface area contributed by atoms with Crippen LogP contribution in [0.3, 0.4) is 0 Å². The molecular formula is C8H8N6O6. The van der Waals surface area contributed by atoms with Crippen molar-refractivity contribution in [2.75, 3.05) is 23.7 Å². The summed E-state index contributed by atoms with van der Waals surface area (Å²) in [6.07, 6.45) is 0. The molecule has 2 rings (SSSR count). The Balaban J connectivity index is 1.85. The maximum atomic E-state index is 10.7. The van der Waals surface area contributed by atoms with Crippen LogP contribution in [-0.4, -0.2) is 55.9 Å². The number of nitrogens with zero attached hydrogens (tertiary/aromatic N) is 4. The van der Waals surface area contributed by atoms with Gasteiger partial charge in [-0.25, -0.2) is 18.8 Å². The first-order valence-electron chi connectivity index (χ1n) is 5.19. The number of nitrogens with one attached hydrogen (secondary N) is 2. The van der Waals surface area contributed by atoms with E-state index in [9.17, 15) is 9.59 Å². The van der Waals surface area contributed by atoms with E-state index in [1.165, 1.54) is 0 Å². The maximum Gasteiger partial charge on any atom is 0.362 e. The molecule has 106 valence electrons. The SMILES string of the molecule is O=C(O)c1nonc1NCCNc1nonc1C(=O)O. The van der Waals surface area contributed by atoms with E-state index in [-0.39, 0.29) is 36.1 Å². The number of carboxylic acids is 2. The van der Waals surface area contributed by atoms with Crippen LogP contribution in [-0.2, 0) is 0 Å². The molecule has 0 spiro atoms. The van der Waals surface area contributed by atoms with E-state index >= 15 is 0 Å². The molecule has 0 aliphatic carbocycles. The van der Waals surface area contributed by atoms with Crippen LogP contribution >= 0.6 is 0 Å². The summed E-state index contributed by atoms with van der Waals surface area (Å²) in [7, 11) is 0. The smallest absolute Gasteiger partial charge is 0.362 e. The third-order valence-corrected chi connectivity index (χ3v) is 2.09. The summed E-state index contributed by atoms with van der Waals surface area (Å²) >= 11 is 0. The predicted octanol–water partition coefficient (Wildman–Crippen LogP) is -0.627. The normalized spacial score (nSPS) is 10.2. The minimum absolute atomic E-state index is 0.0314. The van der Waals surface area contributed by atoms with Gasteiger partial charge in [0.1, 0.15) is 0 Å². The van der Waals surface area contributed by atoms with Crippen molar-refractivity contribution in [1.82, 2.24) is 20.6 Å². The average Bonchev–Trinajstić information content (AvgIpc) is 3.03. The lowest BCUT2D eigenvalue weighted by atomic mass is 10.4. The summed E-state index contributed by atoms with van der Waals surface area (Å²) in [4.78, 5) is 21.4. The Bertz CT molecular complexity index is 566. The standard InChI is InChI=1S/C8H8N6O6/c15-7(16)3-5(13-19-11-3)9-1-2-10-6-4(8(17)18)12-20-14-6/h1-2H2,(H,9,13)(H,10,14)(H,15,16)(H,17,18). The third kappa shape index (κ3) is 2.80. The highest BCUT2D eigenvalue weighted by atomic mass is 16.6. The van der Waals surface area contributed by atoms with Gasteiger partial charge in [-0.05, 0) is 20.6 Å². The van der Waals surface area contributed by atoms with Gasteiger partial charge in [0.25, 0.3) is 0 Å². The van der Waals surface area contributed by atoms with Gasteiger partial charge in [-0.2, -0.15) is 0 Å². The number of hydrogen-bond donors (Lipinski definition) is 4. The molecule has 12 nitrogen and oxygen atoms in total. The monoisotopic (exact) mass is 284 g/mol. The third-order valence-electron chi connectivity index (χ3n) is 2.09. The van der Waals surface area contributed by atoms with Gasteiger partial charge in [-0.1, -0.05) is 0 Å². The first kappa shape index (κ1) is 13.3. The maximum absolute atomic E-state index is 10.7. The molecule has 20 heavy (non-hydrogen) atoms. The molecule has 0 amide bonds. The Hall–Kier alpha value is -3.18. The van der Waals surface area contributed by atoms with Crippen LogP contribution in [0.15, 0.2) is 9.26 Å². The Morgan fingerprint density at radius 3 is 1.60 bits per heavy atom. The van der Waals surface area contributed by atoms with Crippen molar-refractivity contribution >= 4 is 23.6 Å². The molecule has 0 radical (unpaired) electrons.